The molecule has 3 aromatic rings. The lowest BCUT2D eigenvalue weighted by atomic mass is 9.88. The van der Waals surface area contributed by atoms with Crippen molar-refractivity contribution in [1.29, 1.82) is 0 Å². The smallest absolute Gasteiger partial charge is 0.409 e. The van der Waals surface area contributed by atoms with E-state index in [1.54, 1.807) is 18.7 Å². The van der Waals surface area contributed by atoms with E-state index in [-0.39, 0.29) is 24.5 Å². The summed E-state index contributed by atoms with van der Waals surface area (Å²) >= 11 is 0. The summed E-state index contributed by atoms with van der Waals surface area (Å²) in [7, 11) is 1.34. The van der Waals surface area contributed by atoms with Crippen molar-refractivity contribution in [3.8, 4) is 0 Å². The van der Waals surface area contributed by atoms with Gasteiger partial charge in [0.25, 0.3) is 0 Å². The molecule has 0 spiro atoms. The zero-order valence-corrected chi connectivity index (χ0v) is 21.6. The van der Waals surface area contributed by atoms with Crippen LogP contribution < -0.4 is 5.32 Å². The van der Waals surface area contributed by atoms with Crippen molar-refractivity contribution in [2.75, 3.05) is 33.4 Å². The molecule has 190 valence electrons. The van der Waals surface area contributed by atoms with Crippen LogP contribution in [0.25, 0.3) is 10.8 Å². The molecule has 0 aliphatic carbocycles. The minimum absolute atomic E-state index is 0.0218. The third kappa shape index (κ3) is 5.71. The molecule has 1 N–H and O–H groups in total. The number of rotatable bonds is 8. The van der Waals surface area contributed by atoms with E-state index in [1.807, 2.05) is 18.2 Å². The maximum atomic E-state index is 13.0. The quantitative estimate of drug-likeness (QED) is 0.422. The number of hydrogen-bond donors (Lipinski definition) is 1. The molecular formula is C30H36N2O4. The summed E-state index contributed by atoms with van der Waals surface area (Å²) in [6.07, 6.45) is -0.391. The Morgan fingerprint density at radius 3 is 2.44 bits per heavy atom. The van der Waals surface area contributed by atoms with Gasteiger partial charge >= 0.3 is 12.1 Å². The monoisotopic (exact) mass is 488 g/mol. The third-order valence-electron chi connectivity index (χ3n) is 7.20. The van der Waals surface area contributed by atoms with Gasteiger partial charge in [0.2, 0.25) is 0 Å². The lowest BCUT2D eigenvalue weighted by molar-refractivity contribution is -0.153. The van der Waals surface area contributed by atoms with E-state index in [0.29, 0.717) is 13.1 Å². The molecule has 6 nitrogen and oxygen atoms in total. The van der Waals surface area contributed by atoms with Crippen molar-refractivity contribution >= 4 is 22.8 Å². The van der Waals surface area contributed by atoms with Gasteiger partial charge in [-0.25, -0.2) is 4.79 Å². The second-order valence-electron chi connectivity index (χ2n) is 10.3. The van der Waals surface area contributed by atoms with Crippen molar-refractivity contribution in [3.63, 3.8) is 0 Å². The average molecular weight is 489 g/mol. The fourth-order valence-electron chi connectivity index (χ4n) is 5.04. The number of nitrogens with one attached hydrogen (secondary N) is 1. The molecule has 1 heterocycles. The van der Waals surface area contributed by atoms with Crippen LogP contribution in [0.5, 0.6) is 0 Å². The first-order valence-electron chi connectivity index (χ1n) is 12.6. The Kier molecular flexibility index (Phi) is 7.94. The molecule has 1 aliphatic rings. The highest BCUT2D eigenvalue weighted by molar-refractivity contribution is 5.86. The van der Waals surface area contributed by atoms with Gasteiger partial charge in [0, 0.05) is 31.6 Å². The fraction of sp³-hybridized carbons (Fsp3) is 0.400. The normalized spacial score (nSPS) is 18.7. The first-order chi connectivity index (χ1) is 17.3. The highest BCUT2D eigenvalue weighted by atomic mass is 16.6. The highest BCUT2D eigenvalue weighted by Gasteiger charge is 2.38. The zero-order valence-electron chi connectivity index (χ0n) is 21.6. The maximum absolute atomic E-state index is 13.0. The summed E-state index contributed by atoms with van der Waals surface area (Å²) in [5.74, 6) is 0.0222. The molecule has 1 fully saturated rings. The summed E-state index contributed by atoms with van der Waals surface area (Å²) in [4.78, 5) is 26.7. The maximum Gasteiger partial charge on any atom is 0.409 e. The fourth-order valence-corrected chi connectivity index (χ4v) is 5.04. The van der Waals surface area contributed by atoms with Crippen LogP contribution in [0.2, 0.25) is 0 Å². The Labute approximate surface area is 213 Å². The van der Waals surface area contributed by atoms with Crippen LogP contribution in [0, 0.1) is 11.3 Å². The van der Waals surface area contributed by atoms with Gasteiger partial charge in [-0.2, -0.15) is 0 Å². The molecule has 0 aromatic heterocycles. The standard InChI is InChI=1S/C30H36N2O4/c1-21(25-16-10-14-22-13-8-9-15-26(22)25)31-17-24-18-32(19-27(24)23-11-6-5-7-12-23)29(34)36-20-30(2,3)28(33)35-4/h5-16,21,24,27,31H,17-20H2,1-4H3/t21-,24+,27-/m1/s1. The van der Waals surface area contributed by atoms with Gasteiger partial charge in [-0.05, 0) is 48.6 Å². The van der Waals surface area contributed by atoms with Crippen molar-refractivity contribution in [1.82, 2.24) is 10.2 Å². The number of ether oxygens (including phenoxy) is 2. The van der Waals surface area contributed by atoms with Gasteiger partial charge in [-0.3, -0.25) is 4.79 Å². The van der Waals surface area contributed by atoms with Gasteiger partial charge in [-0.15, -0.1) is 0 Å². The van der Waals surface area contributed by atoms with Crippen LogP contribution in [-0.4, -0.2) is 50.3 Å². The minimum atomic E-state index is -0.891. The Hall–Kier alpha value is -3.38. The Morgan fingerprint density at radius 2 is 1.69 bits per heavy atom. The van der Waals surface area contributed by atoms with Crippen LogP contribution in [0.1, 0.15) is 43.9 Å². The van der Waals surface area contributed by atoms with Gasteiger partial charge < -0.3 is 19.7 Å². The molecule has 0 radical (unpaired) electrons. The van der Waals surface area contributed by atoms with Crippen molar-refractivity contribution in [2.24, 2.45) is 11.3 Å². The molecule has 0 bridgehead atoms. The number of hydrogen-bond acceptors (Lipinski definition) is 5. The highest BCUT2D eigenvalue weighted by Crippen LogP contribution is 2.34. The number of methoxy groups -OCH3 is 1. The van der Waals surface area contributed by atoms with E-state index in [4.69, 9.17) is 9.47 Å². The van der Waals surface area contributed by atoms with Gasteiger partial charge in [0.05, 0.1) is 12.5 Å². The molecule has 0 saturated carbocycles. The van der Waals surface area contributed by atoms with E-state index in [2.05, 4.69) is 66.8 Å². The number of benzene rings is 3. The number of esters is 1. The third-order valence-corrected chi connectivity index (χ3v) is 7.20. The van der Waals surface area contributed by atoms with Crippen LogP contribution in [0.15, 0.2) is 72.8 Å². The van der Waals surface area contributed by atoms with Gasteiger partial charge in [0.15, 0.2) is 0 Å². The molecule has 36 heavy (non-hydrogen) atoms. The summed E-state index contributed by atoms with van der Waals surface area (Å²) < 4.78 is 10.4. The summed E-state index contributed by atoms with van der Waals surface area (Å²) in [5, 5.41) is 6.22. The van der Waals surface area contributed by atoms with E-state index in [1.165, 1.54) is 29.0 Å². The lowest BCUT2D eigenvalue weighted by Gasteiger charge is -2.23. The second kappa shape index (κ2) is 11.1. The SMILES string of the molecule is COC(=O)C(C)(C)COC(=O)N1C[C@H](CN[C@H](C)c2cccc3ccccc23)[C@@H](c2ccccc2)C1. The molecule has 1 aliphatic heterocycles. The second-order valence-corrected chi connectivity index (χ2v) is 10.3. The Morgan fingerprint density at radius 1 is 1.00 bits per heavy atom. The number of nitrogens with zero attached hydrogens (tertiary/aromatic N) is 1. The predicted octanol–water partition coefficient (Wildman–Crippen LogP) is 5.54. The molecule has 1 saturated heterocycles. The van der Waals surface area contributed by atoms with E-state index < -0.39 is 17.5 Å². The summed E-state index contributed by atoms with van der Waals surface area (Å²) in [6.45, 7) is 7.53. The molecule has 3 aromatic carbocycles. The van der Waals surface area contributed by atoms with Crippen LogP contribution in [0.3, 0.4) is 0 Å². The topological polar surface area (TPSA) is 67.9 Å². The summed E-state index contributed by atoms with van der Waals surface area (Å²) in [6, 6.07) is 25.4. The Bertz CT molecular complexity index is 1190. The number of amides is 1. The molecule has 6 heteroatoms. The average Bonchev–Trinajstić information content (AvgIpc) is 3.34. The van der Waals surface area contributed by atoms with Crippen molar-refractivity contribution in [3.05, 3.63) is 83.9 Å². The summed E-state index contributed by atoms with van der Waals surface area (Å²) in [5.41, 5.74) is 1.59. The van der Waals surface area contributed by atoms with Gasteiger partial charge in [0.1, 0.15) is 6.61 Å². The van der Waals surface area contributed by atoms with Crippen LogP contribution >= 0.6 is 0 Å². The first-order valence-corrected chi connectivity index (χ1v) is 12.6. The van der Waals surface area contributed by atoms with E-state index in [9.17, 15) is 9.59 Å². The predicted molar refractivity (Wildman–Crippen MR) is 142 cm³/mol. The Balaban J connectivity index is 1.45. The van der Waals surface area contributed by atoms with E-state index in [0.717, 1.165) is 6.54 Å². The first kappa shape index (κ1) is 25.7. The molecule has 4 rings (SSSR count). The zero-order chi connectivity index (χ0) is 25.7. The largest absolute Gasteiger partial charge is 0.469 e. The van der Waals surface area contributed by atoms with Crippen molar-refractivity contribution in [2.45, 2.75) is 32.7 Å². The molecule has 1 amide bonds. The molecular weight excluding hydrogens is 452 g/mol. The van der Waals surface area contributed by atoms with Crippen LogP contribution in [0.4, 0.5) is 4.79 Å². The minimum Gasteiger partial charge on any atom is -0.469 e. The molecule has 0 unspecified atom stereocenters. The number of carbonyl (C=O) groups is 2. The van der Waals surface area contributed by atoms with Gasteiger partial charge in [-0.1, -0.05) is 72.8 Å². The van der Waals surface area contributed by atoms with Crippen LogP contribution in [-0.2, 0) is 14.3 Å². The lowest BCUT2D eigenvalue weighted by Crippen LogP contribution is -2.36. The number of carbonyl (C=O) groups excluding carboxylic acids is 2. The van der Waals surface area contributed by atoms with Crippen molar-refractivity contribution < 1.29 is 19.1 Å². The molecule has 3 atom stereocenters. The number of fused-ring (bicyclic) bond motifs is 1. The van der Waals surface area contributed by atoms with E-state index >= 15 is 0 Å². The number of likely N-dealkylation sites (tertiary alicyclic amines) is 1.